The number of nitrogens with zero attached hydrogens (tertiary/aromatic N) is 1. The van der Waals surface area contributed by atoms with Gasteiger partial charge in [-0.1, -0.05) is 12.1 Å². The molecular formula is C19H17BrN2OS. The Morgan fingerprint density at radius 1 is 1.29 bits per heavy atom. The highest BCUT2D eigenvalue weighted by Gasteiger charge is 2.32. The third-order valence-electron chi connectivity index (χ3n) is 5.15. The van der Waals surface area contributed by atoms with Gasteiger partial charge in [-0.15, -0.1) is 11.3 Å². The smallest absolute Gasteiger partial charge is 0.264 e. The largest absolute Gasteiger partial charge is 0.357 e. The molecule has 5 heteroatoms. The summed E-state index contributed by atoms with van der Waals surface area (Å²) in [6.45, 7) is 1.49. The van der Waals surface area contributed by atoms with E-state index in [0.717, 1.165) is 27.8 Å². The lowest BCUT2D eigenvalue weighted by Crippen LogP contribution is -2.35. The molecule has 0 bridgehead atoms. The van der Waals surface area contributed by atoms with Crippen LogP contribution < -0.4 is 0 Å². The number of thiophene rings is 1. The Kier molecular flexibility index (Phi) is 3.35. The minimum atomic E-state index is 0.210. The summed E-state index contributed by atoms with van der Waals surface area (Å²) in [7, 11) is 0. The second-order valence-corrected chi connectivity index (χ2v) is 8.47. The number of H-pyrrole nitrogens is 1. The van der Waals surface area contributed by atoms with Gasteiger partial charge in [0.1, 0.15) is 0 Å². The van der Waals surface area contributed by atoms with E-state index in [1.807, 2.05) is 4.90 Å². The summed E-state index contributed by atoms with van der Waals surface area (Å²) in [6.07, 6.45) is 3.36. The lowest BCUT2D eigenvalue weighted by Gasteiger charge is -2.27. The fraction of sp³-hybridized carbons (Fsp3) is 0.316. The van der Waals surface area contributed by atoms with Crippen LogP contribution in [0.3, 0.4) is 0 Å². The van der Waals surface area contributed by atoms with E-state index in [-0.39, 0.29) is 5.91 Å². The van der Waals surface area contributed by atoms with Crippen molar-refractivity contribution in [3.05, 3.63) is 55.8 Å². The highest BCUT2D eigenvalue weighted by molar-refractivity contribution is 9.10. The summed E-state index contributed by atoms with van der Waals surface area (Å²) in [4.78, 5) is 19.6. The predicted molar refractivity (Wildman–Crippen MR) is 101 cm³/mol. The molecule has 1 fully saturated rings. The van der Waals surface area contributed by atoms with Gasteiger partial charge in [0.2, 0.25) is 0 Å². The molecule has 1 aliphatic heterocycles. The van der Waals surface area contributed by atoms with E-state index in [1.165, 1.54) is 35.0 Å². The molecule has 0 unspecified atom stereocenters. The van der Waals surface area contributed by atoms with E-state index in [1.54, 1.807) is 11.3 Å². The van der Waals surface area contributed by atoms with Crippen LogP contribution in [0.15, 0.2) is 34.1 Å². The van der Waals surface area contributed by atoms with Crippen molar-refractivity contribution in [1.29, 1.82) is 0 Å². The molecule has 1 N–H and O–H groups in total. The number of halogens is 1. The van der Waals surface area contributed by atoms with Crippen LogP contribution in [0.4, 0.5) is 0 Å². The van der Waals surface area contributed by atoms with Gasteiger partial charge in [0.05, 0.1) is 10.4 Å². The molecule has 2 aromatic heterocycles. The summed E-state index contributed by atoms with van der Waals surface area (Å²) in [5, 5.41) is 3.30. The Bertz CT molecular complexity index is 954. The minimum absolute atomic E-state index is 0.210. The fourth-order valence-electron chi connectivity index (χ4n) is 3.73. The standard InChI is InChI=1S/C19H17BrN2OS/c20-15-3-1-2-13-14-10-22(8-6-16(14)21-17(13)15)19(23)18-12(7-9-24-18)11-4-5-11/h1-3,7,9,11,21H,4-6,8,10H2. The molecule has 0 saturated heterocycles. The van der Waals surface area contributed by atoms with Crippen molar-refractivity contribution in [2.75, 3.05) is 6.54 Å². The molecule has 3 aromatic rings. The van der Waals surface area contributed by atoms with E-state index < -0.39 is 0 Å². The Balaban J connectivity index is 1.50. The number of hydrogen-bond donors (Lipinski definition) is 1. The number of benzene rings is 1. The maximum absolute atomic E-state index is 13.1. The van der Waals surface area contributed by atoms with Gasteiger partial charge >= 0.3 is 0 Å². The van der Waals surface area contributed by atoms with Crippen LogP contribution in [0.5, 0.6) is 0 Å². The van der Waals surface area contributed by atoms with Crippen LogP contribution in [0.1, 0.15) is 45.3 Å². The van der Waals surface area contributed by atoms with E-state index in [9.17, 15) is 4.79 Å². The first-order chi connectivity index (χ1) is 11.7. The van der Waals surface area contributed by atoms with Crippen molar-refractivity contribution in [2.24, 2.45) is 0 Å². The second-order valence-electron chi connectivity index (χ2n) is 6.70. The number of aromatic amines is 1. The summed E-state index contributed by atoms with van der Waals surface area (Å²) in [5.74, 6) is 0.835. The first-order valence-electron chi connectivity index (χ1n) is 8.37. The number of para-hydroxylation sites is 1. The van der Waals surface area contributed by atoms with Crippen LogP contribution >= 0.6 is 27.3 Å². The van der Waals surface area contributed by atoms with Crippen molar-refractivity contribution in [3.8, 4) is 0 Å². The molecule has 0 radical (unpaired) electrons. The van der Waals surface area contributed by atoms with Crippen LogP contribution in [-0.2, 0) is 13.0 Å². The summed E-state index contributed by atoms with van der Waals surface area (Å²) in [5.41, 5.74) is 4.97. The first-order valence-corrected chi connectivity index (χ1v) is 10.0. The van der Waals surface area contributed by atoms with Gasteiger partial charge in [-0.2, -0.15) is 0 Å². The van der Waals surface area contributed by atoms with Crippen molar-refractivity contribution in [2.45, 2.75) is 31.7 Å². The van der Waals surface area contributed by atoms with E-state index in [0.29, 0.717) is 12.5 Å². The van der Waals surface area contributed by atoms with Crippen LogP contribution in [0.25, 0.3) is 10.9 Å². The SMILES string of the molecule is O=C(c1sccc1C1CC1)N1CCc2[nH]c3c(Br)cccc3c2C1. The number of amides is 1. The Morgan fingerprint density at radius 3 is 3.00 bits per heavy atom. The molecule has 1 aliphatic carbocycles. The normalized spacial score (nSPS) is 17.3. The highest BCUT2D eigenvalue weighted by Crippen LogP contribution is 2.43. The number of hydrogen-bond acceptors (Lipinski definition) is 2. The van der Waals surface area contributed by atoms with Crippen molar-refractivity contribution >= 4 is 44.1 Å². The van der Waals surface area contributed by atoms with Gasteiger partial charge in [-0.3, -0.25) is 4.79 Å². The summed E-state index contributed by atoms with van der Waals surface area (Å²) < 4.78 is 1.08. The van der Waals surface area contributed by atoms with Crippen molar-refractivity contribution < 1.29 is 4.79 Å². The number of carbonyl (C=O) groups excluding carboxylic acids is 1. The maximum atomic E-state index is 13.1. The number of nitrogens with one attached hydrogen (secondary N) is 1. The Hall–Kier alpha value is -1.59. The Labute approximate surface area is 152 Å². The molecule has 122 valence electrons. The zero-order chi connectivity index (χ0) is 16.3. The summed E-state index contributed by atoms with van der Waals surface area (Å²) in [6, 6.07) is 8.41. The van der Waals surface area contributed by atoms with Gasteiger partial charge in [-0.05, 0) is 57.8 Å². The number of aromatic nitrogens is 1. The lowest BCUT2D eigenvalue weighted by atomic mass is 10.0. The average Bonchev–Trinajstić information content (AvgIpc) is 3.20. The van der Waals surface area contributed by atoms with Gasteiger partial charge in [0.25, 0.3) is 5.91 Å². The molecule has 3 nitrogen and oxygen atoms in total. The van der Waals surface area contributed by atoms with Crippen LogP contribution in [-0.4, -0.2) is 22.3 Å². The van der Waals surface area contributed by atoms with E-state index in [4.69, 9.17) is 0 Å². The zero-order valence-electron chi connectivity index (χ0n) is 13.1. The topological polar surface area (TPSA) is 36.1 Å². The second kappa shape index (κ2) is 5.46. The first kappa shape index (κ1) is 14.7. The van der Waals surface area contributed by atoms with Gasteiger partial charge < -0.3 is 9.88 Å². The molecule has 0 spiro atoms. The number of fused-ring (bicyclic) bond motifs is 3. The number of carbonyl (C=O) groups is 1. The van der Waals surface area contributed by atoms with Crippen LogP contribution in [0, 0.1) is 0 Å². The maximum Gasteiger partial charge on any atom is 0.264 e. The molecule has 1 saturated carbocycles. The molecule has 2 aliphatic rings. The Morgan fingerprint density at radius 2 is 2.17 bits per heavy atom. The minimum Gasteiger partial charge on any atom is -0.357 e. The third kappa shape index (κ3) is 2.25. The average molecular weight is 401 g/mol. The third-order valence-corrected chi connectivity index (χ3v) is 6.73. The zero-order valence-corrected chi connectivity index (χ0v) is 15.5. The van der Waals surface area contributed by atoms with Crippen LogP contribution in [0.2, 0.25) is 0 Å². The molecule has 1 amide bonds. The van der Waals surface area contributed by atoms with Gasteiger partial charge in [0, 0.05) is 40.6 Å². The van der Waals surface area contributed by atoms with E-state index >= 15 is 0 Å². The molecule has 1 aromatic carbocycles. The van der Waals surface area contributed by atoms with Gasteiger partial charge in [0.15, 0.2) is 0 Å². The van der Waals surface area contributed by atoms with Crippen molar-refractivity contribution in [1.82, 2.24) is 9.88 Å². The lowest BCUT2D eigenvalue weighted by molar-refractivity contribution is 0.0739. The fourth-order valence-corrected chi connectivity index (χ4v) is 5.14. The molecule has 5 rings (SSSR count). The predicted octanol–water partition coefficient (Wildman–Crippen LogP) is 5.07. The summed E-state index contributed by atoms with van der Waals surface area (Å²) >= 11 is 5.22. The molecule has 0 atom stereocenters. The van der Waals surface area contributed by atoms with Gasteiger partial charge in [-0.25, -0.2) is 0 Å². The van der Waals surface area contributed by atoms with E-state index in [2.05, 4.69) is 50.6 Å². The monoisotopic (exact) mass is 400 g/mol. The molecule has 24 heavy (non-hydrogen) atoms. The highest BCUT2D eigenvalue weighted by atomic mass is 79.9. The quantitative estimate of drug-likeness (QED) is 0.640. The van der Waals surface area contributed by atoms with Crippen molar-refractivity contribution in [3.63, 3.8) is 0 Å². The molecule has 3 heterocycles. The molecular weight excluding hydrogens is 384 g/mol. The number of rotatable bonds is 2.